The summed E-state index contributed by atoms with van der Waals surface area (Å²) in [4.78, 5) is 17.2. The number of thiophene rings is 1. The van der Waals surface area contributed by atoms with Crippen molar-refractivity contribution in [2.75, 3.05) is 19.6 Å². The zero-order valence-corrected chi connectivity index (χ0v) is 14.7. The predicted molar refractivity (Wildman–Crippen MR) is 95.7 cm³/mol. The second-order valence-corrected chi connectivity index (χ2v) is 7.62. The van der Waals surface area contributed by atoms with E-state index in [1.807, 2.05) is 11.3 Å². The lowest BCUT2D eigenvalue weighted by atomic mass is 10.1. The number of rotatable bonds is 6. The Labute approximate surface area is 146 Å². The smallest absolute Gasteiger partial charge is 0.234 e. The van der Waals surface area contributed by atoms with Gasteiger partial charge >= 0.3 is 0 Å². The zero-order chi connectivity index (χ0) is 16.9. The Balaban J connectivity index is 1.46. The van der Waals surface area contributed by atoms with Crippen molar-refractivity contribution in [2.45, 2.75) is 32.2 Å². The average Bonchev–Trinajstić information content (AvgIpc) is 3.18. The minimum atomic E-state index is -0.230. The number of benzene rings is 1. The summed E-state index contributed by atoms with van der Waals surface area (Å²) in [5, 5.41) is 2.98. The lowest BCUT2D eigenvalue weighted by Gasteiger charge is -2.22. The third-order valence-electron chi connectivity index (χ3n) is 4.45. The van der Waals surface area contributed by atoms with Crippen LogP contribution in [0.25, 0.3) is 0 Å². The normalized spacial score (nSPS) is 18.0. The van der Waals surface area contributed by atoms with Crippen molar-refractivity contribution >= 4 is 17.2 Å². The van der Waals surface area contributed by atoms with Crippen LogP contribution < -0.4 is 5.32 Å². The van der Waals surface area contributed by atoms with Crippen molar-refractivity contribution in [3.8, 4) is 0 Å². The third-order valence-corrected chi connectivity index (χ3v) is 5.55. The van der Waals surface area contributed by atoms with Gasteiger partial charge in [0.25, 0.3) is 0 Å². The van der Waals surface area contributed by atoms with Crippen LogP contribution in [0.15, 0.2) is 36.4 Å². The topological polar surface area (TPSA) is 32.3 Å². The quantitative estimate of drug-likeness (QED) is 0.865. The highest BCUT2D eigenvalue weighted by Crippen LogP contribution is 2.35. The Morgan fingerprint density at radius 2 is 2.08 bits per heavy atom. The summed E-state index contributed by atoms with van der Waals surface area (Å²) in [6.45, 7) is 4.13. The van der Waals surface area contributed by atoms with E-state index in [4.69, 9.17) is 0 Å². The van der Waals surface area contributed by atoms with Gasteiger partial charge < -0.3 is 5.32 Å². The molecule has 1 aromatic carbocycles. The van der Waals surface area contributed by atoms with Gasteiger partial charge in [-0.3, -0.25) is 9.69 Å². The molecule has 1 aliphatic rings. The lowest BCUT2D eigenvalue weighted by Crippen LogP contribution is -2.37. The molecule has 128 valence electrons. The minimum absolute atomic E-state index is 0.0669. The maximum atomic E-state index is 12.9. The highest BCUT2D eigenvalue weighted by atomic mass is 32.1. The van der Waals surface area contributed by atoms with Gasteiger partial charge in [0.1, 0.15) is 5.82 Å². The molecule has 1 atom stereocenters. The number of carbonyl (C=O) groups excluding carboxylic acids is 1. The summed E-state index contributed by atoms with van der Waals surface area (Å²) >= 11 is 1.83. The monoisotopic (exact) mass is 346 g/mol. The molecule has 1 aromatic heterocycles. The first-order chi connectivity index (χ1) is 11.6. The molecular formula is C19H23FN2OS. The number of amides is 1. The molecule has 0 spiro atoms. The fourth-order valence-corrected chi connectivity index (χ4v) is 4.25. The number of carbonyl (C=O) groups is 1. The molecule has 2 heterocycles. The van der Waals surface area contributed by atoms with Gasteiger partial charge in [0.15, 0.2) is 0 Å². The largest absolute Gasteiger partial charge is 0.355 e. The number of nitrogens with zero attached hydrogens (tertiary/aromatic N) is 1. The van der Waals surface area contributed by atoms with Crippen LogP contribution in [0, 0.1) is 12.7 Å². The lowest BCUT2D eigenvalue weighted by molar-refractivity contribution is -0.122. The van der Waals surface area contributed by atoms with Crippen molar-refractivity contribution < 1.29 is 9.18 Å². The Morgan fingerprint density at radius 1 is 1.29 bits per heavy atom. The number of hydrogen-bond acceptors (Lipinski definition) is 3. The summed E-state index contributed by atoms with van der Waals surface area (Å²) < 4.78 is 12.9. The van der Waals surface area contributed by atoms with Crippen LogP contribution in [-0.4, -0.2) is 30.4 Å². The molecule has 3 rings (SSSR count). The molecule has 2 aromatic rings. The highest BCUT2D eigenvalue weighted by Gasteiger charge is 2.28. The highest BCUT2D eigenvalue weighted by molar-refractivity contribution is 7.12. The molecule has 1 unspecified atom stereocenters. The number of hydrogen-bond donors (Lipinski definition) is 1. The number of nitrogens with one attached hydrogen (secondary N) is 1. The van der Waals surface area contributed by atoms with E-state index in [1.54, 1.807) is 12.1 Å². The molecule has 1 aliphatic heterocycles. The molecule has 0 radical (unpaired) electrons. The van der Waals surface area contributed by atoms with Crippen LogP contribution in [0.3, 0.4) is 0 Å². The van der Waals surface area contributed by atoms with Gasteiger partial charge in [0.2, 0.25) is 5.91 Å². The minimum Gasteiger partial charge on any atom is -0.355 e. The summed E-state index contributed by atoms with van der Waals surface area (Å²) in [6, 6.07) is 11.2. The standard InChI is InChI=1S/C19H23FN2OS/c1-14-4-9-18(24-14)17-3-2-12-22(17)13-19(23)21-11-10-15-5-7-16(20)8-6-15/h4-9,17H,2-3,10-13H2,1H3,(H,21,23). The van der Waals surface area contributed by atoms with Gasteiger partial charge in [-0.1, -0.05) is 12.1 Å². The Morgan fingerprint density at radius 3 is 2.79 bits per heavy atom. The van der Waals surface area contributed by atoms with Crippen LogP contribution in [-0.2, 0) is 11.2 Å². The van der Waals surface area contributed by atoms with Crippen molar-refractivity contribution in [3.63, 3.8) is 0 Å². The third kappa shape index (κ3) is 4.42. The summed E-state index contributed by atoms with van der Waals surface area (Å²) in [6.07, 6.45) is 2.99. The van der Waals surface area contributed by atoms with Gasteiger partial charge in [0, 0.05) is 22.3 Å². The van der Waals surface area contributed by atoms with Crippen molar-refractivity contribution in [1.82, 2.24) is 10.2 Å². The maximum Gasteiger partial charge on any atom is 0.234 e. The van der Waals surface area contributed by atoms with E-state index < -0.39 is 0 Å². The van der Waals surface area contributed by atoms with Crippen molar-refractivity contribution in [3.05, 3.63) is 57.5 Å². The molecule has 1 saturated heterocycles. The molecule has 1 N–H and O–H groups in total. The molecule has 0 saturated carbocycles. The fourth-order valence-electron chi connectivity index (χ4n) is 3.21. The Hall–Kier alpha value is -1.72. The molecule has 3 nitrogen and oxygen atoms in total. The number of aryl methyl sites for hydroxylation is 1. The number of halogens is 1. The first kappa shape index (κ1) is 17.1. The molecule has 0 aliphatic carbocycles. The average molecular weight is 346 g/mol. The van der Waals surface area contributed by atoms with Crippen molar-refractivity contribution in [2.24, 2.45) is 0 Å². The van der Waals surface area contributed by atoms with E-state index in [-0.39, 0.29) is 11.7 Å². The van der Waals surface area contributed by atoms with E-state index >= 15 is 0 Å². The second-order valence-electron chi connectivity index (χ2n) is 6.30. The molecule has 1 fully saturated rings. The van der Waals surface area contributed by atoms with Crippen LogP contribution >= 0.6 is 11.3 Å². The maximum absolute atomic E-state index is 12.9. The van der Waals surface area contributed by atoms with Crippen LogP contribution in [0.4, 0.5) is 4.39 Å². The van der Waals surface area contributed by atoms with Gasteiger partial charge in [-0.15, -0.1) is 11.3 Å². The molecule has 24 heavy (non-hydrogen) atoms. The second kappa shape index (κ2) is 7.90. The van der Waals surface area contributed by atoms with E-state index in [9.17, 15) is 9.18 Å². The van der Waals surface area contributed by atoms with Crippen molar-refractivity contribution in [1.29, 1.82) is 0 Å². The van der Waals surface area contributed by atoms with Crippen LogP contribution in [0.1, 0.15) is 34.2 Å². The Kier molecular flexibility index (Phi) is 5.63. The van der Waals surface area contributed by atoms with E-state index in [1.165, 1.54) is 21.9 Å². The summed E-state index contributed by atoms with van der Waals surface area (Å²) in [5.41, 5.74) is 1.03. The zero-order valence-electron chi connectivity index (χ0n) is 13.9. The SMILES string of the molecule is Cc1ccc(C2CCCN2CC(=O)NCCc2ccc(F)cc2)s1. The van der Waals surface area contributed by atoms with Crippen LogP contribution in [0.5, 0.6) is 0 Å². The van der Waals surface area contributed by atoms with Gasteiger partial charge in [-0.05, 0) is 62.6 Å². The van der Waals surface area contributed by atoms with E-state index in [0.29, 0.717) is 19.1 Å². The Bertz CT molecular complexity index is 683. The molecular weight excluding hydrogens is 323 g/mol. The molecule has 0 bridgehead atoms. The molecule has 5 heteroatoms. The number of likely N-dealkylation sites (tertiary alicyclic amines) is 1. The van der Waals surface area contributed by atoms with E-state index in [0.717, 1.165) is 31.4 Å². The molecule has 1 amide bonds. The summed E-state index contributed by atoms with van der Waals surface area (Å²) in [5.74, 6) is -0.163. The van der Waals surface area contributed by atoms with Gasteiger partial charge in [0.05, 0.1) is 6.54 Å². The first-order valence-electron chi connectivity index (χ1n) is 8.43. The first-order valence-corrected chi connectivity index (χ1v) is 9.25. The van der Waals surface area contributed by atoms with Crippen LogP contribution in [0.2, 0.25) is 0 Å². The van der Waals surface area contributed by atoms with Gasteiger partial charge in [-0.25, -0.2) is 4.39 Å². The van der Waals surface area contributed by atoms with E-state index in [2.05, 4.69) is 29.3 Å². The predicted octanol–water partition coefficient (Wildman–Crippen LogP) is 3.69. The van der Waals surface area contributed by atoms with Gasteiger partial charge in [-0.2, -0.15) is 0 Å². The fraction of sp³-hybridized carbons (Fsp3) is 0.421. The summed E-state index contributed by atoms with van der Waals surface area (Å²) in [7, 11) is 0.